The predicted octanol–water partition coefficient (Wildman–Crippen LogP) is 1.60. The van der Waals surface area contributed by atoms with Gasteiger partial charge in [-0.05, 0) is 44.3 Å². The lowest BCUT2D eigenvalue weighted by Crippen LogP contribution is -2.52. The average Bonchev–Trinajstić information content (AvgIpc) is 3.14. The van der Waals surface area contributed by atoms with Crippen LogP contribution in [0.5, 0.6) is 0 Å². The number of hydrogen-bond donors (Lipinski definition) is 1. The van der Waals surface area contributed by atoms with Gasteiger partial charge in [-0.1, -0.05) is 20.3 Å². The fourth-order valence-electron chi connectivity index (χ4n) is 3.79. The molecule has 24 heavy (non-hydrogen) atoms. The van der Waals surface area contributed by atoms with Crippen LogP contribution in [0.1, 0.15) is 49.3 Å². The molecule has 1 aromatic rings. The molecule has 0 unspecified atom stereocenters. The summed E-state index contributed by atoms with van der Waals surface area (Å²) in [7, 11) is 1.84. The van der Waals surface area contributed by atoms with E-state index in [2.05, 4.69) is 29.2 Å². The number of ether oxygens (including phenoxy) is 1. The number of likely N-dealkylation sites (tertiary alicyclic amines) is 1. The number of amides is 1. The van der Waals surface area contributed by atoms with Gasteiger partial charge in [-0.15, -0.1) is 0 Å². The van der Waals surface area contributed by atoms with Crippen LogP contribution in [0.25, 0.3) is 0 Å². The highest BCUT2D eigenvalue weighted by atomic mass is 16.5. The van der Waals surface area contributed by atoms with Gasteiger partial charge in [0.25, 0.3) is 5.91 Å². The molecule has 0 bridgehead atoms. The van der Waals surface area contributed by atoms with E-state index < -0.39 is 0 Å². The van der Waals surface area contributed by atoms with Crippen LogP contribution in [0, 0.1) is 5.92 Å². The Labute approximate surface area is 144 Å². The third-order valence-corrected chi connectivity index (χ3v) is 5.01. The van der Waals surface area contributed by atoms with Crippen molar-refractivity contribution in [2.45, 2.75) is 51.6 Å². The van der Waals surface area contributed by atoms with Gasteiger partial charge < -0.3 is 10.1 Å². The number of aryl methyl sites for hydroxylation is 1. The molecule has 2 aliphatic rings. The quantitative estimate of drug-likeness (QED) is 0.889. The van der Waals surface area contributed by atoms with E-state index in [0.717, 1.165) is 31.8 Å². The number of nitrogens with one attached hydrogen (secondary N) is 1. The number of carbonyl (C=O) groups excluding carboxylic acids is 1. The lowest BCUT2D eigenvalue weighted by Gasteiger charge is -2.34. The molecule has 3 heterocycles. The molecule has 3 rings (SSSR count). The van der Waals surface area contributed by atoms with Crippen LogP contribution in [-0.4, -0.2) is 59.0 Å². The van der Waals surface area contributed by atoms with E-state index in [-0.39, 0.29) is 11.9 Å². The third-order valence-electron chi connectivity index (χ3n) is 5.01. The van der Waals surface area contributed by atoms with Gasteiger partial charge in [0, 0.05) is 7.05 Å². The SMILES string of the molecule is CC(C)Cc1cc(C(=O)N[C@H]2COC[C@@H]2N2CCCCC2)n(C)n1. The molecule has 6 heteroatoms. The fraction of sp³-hybridized carbons (Fsp3) is 0.778. The number of aromatic nitrogens is 2. The minimum absolute atomic E-state index is 0.0440. The molecule has 6 nitrogen and oxygen atoms in total. The Hall–Kier alpha value is -1.40. The van der Waals surface area contributed by atoms with E-state index in [0.29, 0.717) is 24.3 Å². The second-order valence-electron chi connectivity index (χ2n) is 7.52. The first kappa shape index (κ1) is 17.4. The highest BCUT2D eigenvalue weighted by Gasteiger charge is 2.35. The summed E-state index contributed by atoms with van der Waals surface area (Å²) in [5.74, 6) is 0.486. The summed E-state index contributed by atoms with van der Waals surface area (Å²) in [4.78, 5) is 15.2. The van der Waals surface area contributed by atoms with Crippen LogP contribution < -0.4 is 5.32 Å². The van der Waals surface area contributed by atoms with E-state index in [9.17, 15) is 4.79 Å². The van der Waals surface area contributed by atoms with Crippen molar-refractivity contribution < 1.29 is 9.53 Å². The molecular weight excluding hydrogens is 304 g/mol. The molecule has 2 aliphatic heterocycles. The standard InChI is InChI=1S/C18H30N4O2/c1-13(2)9-14-10-16(21(3)20-14)18(23)19-15-11-24-12-17(15)22-7-5-4-6-8-22/h10,13,15,17H,4-9,11-12H2,1-3H3,(H,19,23)/t15-,17-/m0/s1. The van der Waals surface area contributed by atoms with E-state index in [1.54, 1.807) is 4.68 Å². The Kier molecular flexibility index (Phi) is 5.56. The van der Waals surface area contributed by atoms with Crippen molar-refractivity contribution in [2.24, 2.45) is 13.0 Å². The van der Waals surface area contributed by atoms with Crippen LogP contribution >= 0.6 is 0 Å². The van der Waals surface area contributed by atoms with E-state index >= 15 is 0 Å². The molecule has 0 aromatic carbocycles. The summed E-state index contributed by atoms with van der Waals surface area (Å²) in [5, 5.41) is 7.65. The molecular formula is C18H30N4O2. The zero-order valence-corrected chi connectivity index (χ0v) is 15.1. The van der Waals surface area contributed by atoms with Crippen LogP contribution in [-0.2, 0) is 18.2 Å². The van der Waals surface area contributed by atoms with Gasteiger partial charge in [0.2, 0.25) is 0 Å². The first-order valence-corrected chi connectivity index (χ1v) is 9.20. The van der Waals surface area contributed by atoms with E-state index in [4.69, 9.17) is 4.74 Å². The van der Waals surface area contributed by atoms with Crippen molar-refractivity contribution in [2.75, 3.05) is 26.3 Å². The normalized spacial score (nSPS) is 25.3. The van der Waals surface area contributed by atoms with E-state index in [1.807, 2.05) is 13.1 Å². The van der Waals surface area contributed by atoms with Crippen molar-refractivity contribution >= 4 is 5.91 Å². The first-order chi connectivity index (χ1) is 11.5. The van der Waals surface area contributed by atoms with Gasteiger partial charge in [-0.3, -0.25) is 14.4 Å². The van der Waals surface area contributed by atoms with Crippen molar-refractivity contribution in [3.8, 4) is 0 Å². The van der Waals surface area contributed by atoms with Gasteiger partial charge >= 0.3 is 0 Å². The molecule has 2 fully saturated rings. The highest BCUT2D eigenvalue weighted by Crippen LogP contribution is 2.19. The molecule has 0 saturated carbocycles. The summed E-state index contributed by atoms with van der Waals surface area (Å²) in [5.41, 5.74) is 1.61. The summed E-state index contributed by atoms with van der Waals surface area (Å²) in [6.07, 6.45) is 4.70. The number of rotatable bonds is 5. The molecule has 1 amide bonds. The summed E-state index contributed by atoms with van der Waals surface area (Å²) < 4.78 is 7.36. The minimum atomic E-state index is -0.0440. The van der Waals surface area contributed by atoms with E-state index in [1.165, 1.54) is 19.3 Å². The van der Waals surface area contributed by atoms with Crippen molar-refractivity contribution in [3.05, 3.63) is 17.5 Å². The largest absolute Gasteiger partial charge is 0.378 e. The molecule has 2 atom stereocenters. The number of nitrogens with zero attached hydrogens (tertiary/aromatic N) is 3. The van der Waals surface area contributed by atoms with Crippen LogP contribution in [0.3, 0.4) is 0 Å². The molecule has 2 saturated heterocycles. The van der Waals surface area contributed by atoms with Gasteiger partial charge in [0.1, 0.15) is 5.69 Å². The van der Waals surface area contributed by atoms with Crippen LogP contribution in [0.15, 0.2) is 6.07 Å². The fourth-order valence-corrected chi connectivity index (χ4v) is 3.79. The summed E-state index contributed by atoms with van der Waals surface area (Å²) >= 11 is 0. The Bertz CT molecular complexity index is 563. The van der Waals surface area contributed by atoms with Gasteiger partial charge in [-0.2, -0.15) is 5.10 Å². The van der Waals surface area contributed by atoms with Gasteiger partial charge in [0.15, 0.2) is 0 Å². The molecule has 1 aromatic heterocycles. The topological polar surface area (TPSA) is 59.4 Å². The molecule has 134 valence electrons. The summed E-state index contributed by atoms with van der Waals surface area (Å²) in [6.45, 7) is 7.87. The zero-order valence-electron chi connectivity index (χ0n) is 15.1. The highest BCUT2D eigenvalue weighted by molar-refractivity contribution is 5.93. The van der Waals surface area contributed by atoms with Crippen molar-refractivity contribution in [1.29, 1.82) is 0 Å². The minimum Gasteiger partial charge on any atom is -0.378 e. The van der Waals surface area contributed by atoms with Crippen LogP contribution in [0.2, 0.25) is 0 Å². The molecule has 0 radical (unpaired) electrons. The second-order valence-corrected chi connectivity index (χ2v) is 7.52. The van der Waals surface area contributed by atoms with Crippen molar-refractivity contribution in [3.63, 3.8) is 0 Å². The summed E-state index contributed by atoms with van der Waals surface area (Å²) in [6, 6.07) is 2.29. The smallest absolute Gasteiger partial charge is 0.269 e. The molecule has 0 aliphatic carbocycles. The monoisotopic (exact) mass is 334 g/mol. The van der Waals surface area contributed by atoms with Crippen molar-refractivity contribution in [1.82, 2.24) is 20.0 Å². The Morgan fingerprint density at radius 3 is 2.79 bits per heavy atom. The van der Waals surface area contributed by atoms with Crippen LogP contribution in [0.4, 0.5) is 0 Å². The maximum atomic E-state index is 12.7. The Morgan fingerprint density at radius 2 is 2.08 bits per heavy atom. The van der Waals surface area contributed by atoms with Gasteiger partial charge in [0.05, 0.1) is 31.0 Å². The third kappa shape index (κ3) is 3.98. The lowest BCUT2D eigenvalue weighted by molar-refractivity contribution is 0.0890. The molecule has 0 spiro atoms. The number of hydrogen-bond acceptors (Lipinski definition) is 4. The number of piperidine rings is 1. The second kappa shape index (κ2) is 7.66. The first-order valence-electron chi connectivity index (χ1n) is 9.20. The van der Waals surface area contributed by atoms with Gasteiger partial charge in [-0.25, -0.2) is 0 Å². The Balaban J connectivity index is 1.64. The number of carbonyl (C=O) groups is 1. The predicted molar refractivity (Wildman–Crippen MR) is 93.0 cm³/mol. The lowest BCUT2D eigenvalue weighted by atomic mass is 10.0. The maximum absolute atomic E-state index is 12.7. The zero-order chi connectivity index (χ0) is 17.1. The Morgan fingerprint density at radius 1 is 1.33 bits per heavy atom. The maximum Gasteiger partial charge on any atom is 0.269 e. The average molecular weight is 334 g/mol. The molecule has 1 N–H and O–H groups in total.